The Kier molecular flexibility index (Phi) is 5.59. The van der Waals surface area contributed by atoms with Crippen molar-refractivity contribution in [2.24, 2.45) is 0 Å². The van der Waals surface area contributed by atoms with E-state index in [2.05, 4.69) is 4.72 Å². The van der Waals surface area contributed by atoms with Crippen molar-refractivity contribution < 1.29 is 17.9 Å². The molecule has 0 bridgehead atoms. The Labute approximate surface area is 175 Å². The van der Waals surface area contributed by atoms with Crippen LogP contribution >= 0.6 is 0 Å². The van der Waals surface area contributed by atoms with Gasteiger partial charge in [0.05, 0.1) is 12.0 Å². The Hall–Kier alpha value is -3.51. The van der Waals surface area contributed by atoms with Crippen molar-refractivity contribution >= 4 is 26.5 Å². The molecule has 0 aliphatic carbocycles. The van der Waals surface area contributed by atoms with Crippen molar-refractivity contribution in [3.05, 3.63) is 96.6 Å². The van der Waals surface area contributed by atoms with Crippen LogP contribution in [0, 0.1) is 0 Å². The van der Waals surface area contributed by atoms with E-state index >= 15 is 0 Å². The summed E-state index contributed by atoms with van der Waals surface area (Å²) in [7, 11) is -2.11. The van der Waals surface area contributed by atoms with Crippen LogP contribution in [-0.4, -0.2) is 15.5 Å². The molecule has 0 amide bonds. The summed E-state index contributed by atoms with van der Waals surface area (Å²) in [6, 6.07) is 27.2. The lowest BCUT2D eigenvalue weighted by atomic mass is 10.1. The highest BCUT2D eigenvalue weighted by Crippen LogP contribution is 2.25. The molecule has 6 heteroatoms. The standard InChI is InChI=1S/C24H21NO4S/c1-28-23-11-7-20-16-24(14-8-19(20)15-23)30(26,27)25-21-9-12-22(13-10-21)29-17-18-5-3-2-4-6-18/h2-16,25H,17H2,1H3. The molecule has 30 heavy (non-hydrogen) atoms. The van der Waals surface area contributed by atoms with Crippen LogP contribution in [0.25, 0.3) is 10.8 Å². The van der Waals surface area contributed by atoms with E-state index in [0.29, 0.717) is 18.0 Å². The number of hydrogen-bond acceptors (Lipinski definition) is 4. The smallest absolute Gasteiger partial charge is 0.261 e. The monoisotopic (exact) mass is 419 g/mol. The summed E-state index contributed by atoms with van der Waals surface area (Å²) in [5, 5.41) is 1.73. The molecule has 1 N–H and O–H groups in total. The first-order valence-corrected chi connectivity index (χ1v) is 10.9. The van der Waals surface area contributed by atoms with Gasteiger partial charge < -0.3 is 9.47 Å². The highest BCUT2D eigenvalue weighted by molar-refractivity contribution is 7.92. The molecule has 0 aliphatic heterocycles. The Morgan fingerprint density at radius 1 is 0.767 bits per heavy atom. The van der Waals surface area contributed by atoms with Crippen LogP contribution in [0.2, 0.25) is 0 Å². The number of anilines is 1. The van der Waals surface area contributed by atoms with Gasteiger partial charge in [0, 0.05) is 5.69 Å². The van der Waals surface area contributed by atoms with Gasteiger partial charge in [-0.25, -0.2) is 8.42 Å². The summed E-state index contributed by atoms with van der Waals surface area (Å²) >= 11 is 0. The Balaban J connectivity index is 1.47. The zero-order chi connectivity index (χ0) is 21.0. The van der Waals surface area contributed by atoms with Gasteiger partial charge >= 0.3 is 0 Å². The predicted molar refractivity (Wildman–Crippen MR) is 119 cm³/mol. The van der Waals surface area contributed by atoms with Crippen molar-refractivity contribution in [3.8, 4) is 11.5 Å². The fourth-order valence-corrected chi connectivity index (χ4v) is 4.16. The van der Waals surface area contributed by atoms with Gasteiger partial charge in [0.15, 0.2) is 0 Å². The van der Waals surface area contributed by atoms with E-state index in [1.54, 1.807) is 55.6 Å². The maximum Gasteiger partial charge on any atom is 0.261 e. The maximum atomic E-state index is 12.8. The van der Waals surface area contributed by atoms with E-state index in [0.717, 1.165) is 22.1 Å². The minimum Gasteiger partial charge on any atom is -0.497 e. The summed E-state index contributed by atoms with van der Waals surface area (Å²) < 4.78 is 39.2. The third-order valence-electron chi connectivity index (χ3n) is 4.68. The van der Waals surface area contributed by atoms with E-state index in [1.165, 1.54) is 0 Å². The van der Waals surface area contributed by atoms with Crippen LogP contribution in [0.4, 0.5) is 5.69 Å². The van der Waals surface area contributed by atoms with Gasteiger partial charge in [0.2, 0.25) is 0 Å². The average molecular weight is 420 g/mol. The van der Waals surface area contributed by atoms with Gasteiger partial charge in [-0.1, -0.05) is 42.5 Å². The number of ether oxygens (including phenoxy) is 2. The second-order valence-electron chi connectivity index (χ2n) is 6.78. The fraction of sp³-hybridized carbons (Fsp3) is 0.0833. The van der Waals surface area contributed by atoms with E-state index in [1.807, 2.05) is 42.5 Å². The first kappa shape index (κ1) is 19.8. The van der Waals surface area contributed by atoms with Crippen LogP contribution in [0.1, 0.15) is 5.56 Å². The van der Waals surface area contributed by atoms with Gasteiger partial charge in [-0.15, -0.1) is 0 Å². The predicted octanol–water partition coefficient (Wildman–Crippen LogP) is 5.23. The minimum atomic E-state index is -3.71. The summed E-state index contributed by atoms with van der Waals surface area (Å²) in [6.07, 6.45) is 0. The third-order valence-corrected chi connectivity index (χ3v) is 6.06. The Morgan fingerprint density at radius 3 is 2.17 bits per heavy atom. The quantitative estimate of drug-likeness (QED) is 0.446. The molecule has 0 aliphatic rings. The van der Waals surface area contributed by atoms with E-state index in [9.17, 15) is 8.42 Å². The first-order chi connectivity index (χ1) is 14.5. The Bertz CT molecular complexity index is 1250. The molecule has 0 aromatic heterocycles. The van der Waals surface area contributed by atoms with Gasteiger partial charge in [-0.2, -0.15) is 0 Å². The molecule has 4 rings (SSSR count). The van der Waals surface area contributed by atoms with Gasteiger partial charge in [0.25, 0.3) is 10.0 Å². The molecule has 4 aromatic rings. The summed E-state index contributed by atoms with van der Waals surface area (Å²) in [4.78, 5) is 0.199. The highest BCUT2D eigenvalue weighted by atomic mass is 32.2. The van der Waals surface area contributed by atoms with Crippen LogP contribution in [0.5, 0.6) is 11.5 Å². The van der Waals surface area contributed by atoms with Crippen LogP contribution in [0.3, 0.4) is 0 Å². The van der Waals surface area contributed by atoms with E-state index in [-0.39, 0.29) is 4.90 Å². The number of rotatable bonds is 7. The second-order valence-corrected chi connectivity index (χ2v) is 8.46. The lowest BCUT2D eigenvalue weighted by Gasteiger charge is -2.11. The van der Waals surface area contributed by atoms with Crippen molar-refractivity contribution in [1.82, 2.24) is 0 Å². The number of nitrogens with one attached hydrogen (secondary N) is 1. The van der Waals surface area contributed by atoms with E-state index < -0.39 is 10.0 Å². The summed E-state index contributed by atoms with van der Waals surface area (Å²) in [6.45, 7) is 0.452. The van der Waals surface area contributed by atoms with Gasteiger partial charge in [-0.05, 0) is 64.9 Å². The number of sulfonamides is 1. The fourth-order valence-electron chi connectivity index (χ4n) is 3.07. The molecule has 0 fully saturated rings. The van der Waals surface area contributed by atoms with Crippen molar-refractivity contribution in [3.63, 3.8) is 0 Å². The van der Waals surface area contributed by atoms with E-state index in [4.69, 9.17) is 9.47 Å². The maximum absolute atomic E-state index is 12.8. The normalized spacial score (nSPS) is 11.2. The highest BCUT2D eigenvalue weighted by Gasteiger charge is 2.15. The Morgan fingerprint density at radius 2 is 1.43 bits per heavy atom. The molecule has 0 saturated carbocycles. The van der Waals surface area contributed by atoms with Crippen LogP contribution in [0.15, 0.2) is 95.9 Å². The van der Waals surface area contributed by atoms with Gasteiger partial charge in [0.1, 0.15) is 18.1 Å². The number of benzene rings is 4. The molecule has 0 radical (unpaired) electrons. The molecule has 0 atom stereocenters. The molecule has 4 aromatic carbocycles. The summed E-state index contributed by atoms with van der Waals surface area (Å²) in [5.74, 6) is 1.40. The molecular weight excluding hydrogens is 398 g/mol. The minimum absolute atomic E-state index is 0.199. The molecule has 152 valence electrons. The van der Waals surface area contributed by atoms with Crippen molar-refractivity contribution in [1.29, 1.82) is 0 Å². The first-order valence-electron chi connectivity index (χ1n) is 9.41. The number of methoxy groups -OCH3 is 1. The van der Waals surface area contributed by atoms with Crippen molar-refractivity contribution in [2.45, 2.75) is 11.5 Å². The number of hydrogen-bond donors (Lipinski definition) is 1. The lowest BCUT2D eigenvalue weighted by Crippen LogP contribution is -2.12. The zero-order valence-corrected chi connectivity index (χ0v) is 17.2. The molecule has 0 saturated heterocycles. The van der Waals surface area contributed by atoms with Crippen molar-refractivity contribution in [2.75, 3.05) is 11.8 Å². The topological polar surface area (TPSA) is 64.6 Å². The molecule has 0 spiro atoms. The molecular formula is C24H21NO4S. The molecule has 0 heterocycles. The SMILES string of the molecule is COc1ccc2cc(S(=O)(=O)Nc3ccc(OCc4ccccc4)cc3)ccc2c1. The average Bonchev–Trinajstić information content (AvgIpc) is 2.78. The zero-order valence-electron chi connectivity index (χ0n) is 16.4. The molecule has 0 unspecified atom stereocenters. The van der Waals surface area contributed by atoms with Crippen LogP contribution in [-0.2, 0) is 16.6 Å². The summed E-state index contributed by atoms with van der Waals surface area (Å²) in [5.41, 5.74) is 1.54. The second kappa shape index (κ2) is 8.47. The lowest BCUT2D eigenvalue weighted by molar-refractivity contribution is 0.306. The molecule has 5 nitrogen and oxygen atoms in total. The largest absolute Gasteiger partial charge is 0.497 e. The third kappa shape index (κ3) is 4.55. The van der Waals surface area contributed by atoms with Crippen LogP contribution < -0.4 is 14.2 Å². The van der Waals surface area contributed by atoms with Gasteiger partial charge in [-0.3, -0.25) is 4.72 Å². The number of fused-ring (bicyclic) bond motifs is 1.